The Bertz CT molecular complexity index is 1130. The van der Waals surface area contributed by atoms with E-state index in [9.17, 15) is 18.4 Å². The zero-order chi connectivity index (χ0) is 27.3. The molecular formula is C26H36F2N4O4. The zero-order valence-corrected chi connectivity index (χ0v) is 21.7. The van der Waals surface area contributed by atoms with Gasteiger partial charge in [0.05, 0.1) is 30.4 Å². The maximum absolute atomic E-state index is 14.1. The predicted octanol–water partition coefficient (Wildman–Crippen LogP) is 4.65. The van der Waals surface area contributed by atoms with Gasteiger partial charge in [-0.1, -0.05) is 41.5 Å². The lowest BCUT2D eigenvalue weighted by Gasteiger charge is -2.14. The Morgan fingerprint density at radius 3 is 2.36 bits per heavy atom. The largest absolute Gasteiger partial charge is 0.453 e. The van der Waals surface area contributed by atoms with Crippen molar-refractivity contribution in [3.8, 4) is 11.5 Å². The number of aromatic nitrogens is 2. The van der Waals surface area contributed by atoms with E-state index in [0.717, 1.165) is 12.1 Å². The van der Waals surface area contributed by atoms with Crippen molar-refractivity contribution >= 4 is 22.7 Å². The van der Waals surface area contributed by atoms with Gasteiger partial charge in [-0.15, -0.1) is 0 Å². The molecule has 0 fully saturated rings. The van der Waals surface area contributed by atoms with E-state index in [1.807, 2.05) is 41.5 Å². The highest BCUT2D eigenvalue weighted by molar-refractivity contribution is 6.02. The highest BCUT2D eigenvalue weighted by Gasteiger charge is 2.19. The minimum absolute atomic E-state index is 0.0281. The Morgan fingerprint density at radius 2 is 1.75 bits per heavy atom. The van der Waals surface area contributed by atoms with Crippen LogP contribution in [0.4, 0.5) is 8.78 Å². The third-order valence-electron chi connectivity index (χ3n) is 4.48. The molecule has 2 amide bonds. The zero-order valence-electron chi connectivity index (χ0n) is 21.7. The van der Waals surface area contributed by atoms with Gasteiger partial charge in [-0.2, -0.15) is 5.10 Å². The number of fused-ring (bicyclic) bond motifs is 1. The van der Waals surface area contributed by atoms with Crippen molar-refractivity contribution in [1.29, 1.82) is 0 Å². The molecule has 198 valence electrons. The third kappa shape index (κ3) is 8.60. The lowest BCUT2D eigenvalue weighted by molar-refractivity contribution is -0.120. The van der Waals surface area contributed by atoms with Gasteiger partial charge in [0.25, 0.3) is 5.91 Å². The van der Waals surface area contributed by atoms with E-state index in [2.05, 4.69) is 15.7 Å². The fourth-order valence-electron chi connectivity index (χ4n) is 3.05. The number of ether oxygens (including phenoxy) is 1. The number of amides is 2. The van der Waals surface area contributed by atoms with Crippen LogP contribution in [-0.4, -0.2) is 46.4 Å². The van der Waals surface area contributed by atoms with Gasteiger partial charge in [0, 0.05) is 24.5 Å². The molecule has 8 nitrogen and oxygen atoms in total. The summed E-state index contributed by atoms with van der Waals surface area (Å²) in [6, 6.07) is 5.95. The first-order valence-corrected chi connectivity index (χ1v) is 12.1. The second-order valence-corrected chi connectivity index (χ2v) is 7.56. The van der Waals surface area contributed by atoms with Gasteiger partial charge >= 0.3 is 0 Å². The van der Waals surface area contributed by atoms with E-state index >= 15 is 0 Å². The molecule has 36 heavy (non-hydrogen) atoms. The molecule has 2 aromatic carbocycles. The quantitative estimate of drug-likeness (QED) is 0.392. The first kappa shape index (κ1) is 30.5. The lowest BCUT2D eigenvalue weighted by Crippen LogP contribution is -2.38. The summed E-state index contributed by atoms with van der Waals surface area (Å²) in [5.41, 5.74) is 0.724. The van der Waals surface area contributed by atoms with Crippen molar-refractivity contribution in [2.24, 2.45) is 5.92 Å². The minimum Gasteiger partial charge on any atom is -0.453 e. The van der Waals surface area contributed by atoms with Crippen LogP contribution in [0.15, 0.2) is 36.5 Å². The third-order valence-corrected chi connectivity index (χ3v) is 4.48. The summed E-state index contributed by atoms with van der Waals surface area (Å²) in [7, 11) is 0. The SMILES string of the molecule is CC.CC.CC(C)Cn1ncc2cc(Oc3ccc(F)cc3F)c(C(=O)NCC(=O)NCCO)cc21. The second kappa shape index (κ2) is 15.5. The van der Waals surface area contributed by atoms with Crippen LogP contribution in [0, 0.1) is 17.6 Å². The highest BCUT2D eigenvalue weighted by atomic mass is 19.1. The van der Waals surface area contributed by atoms with Gasteiger partial charge in [-0.3, -0.25) is 14.3 Å². The summed E-state index contributed by atoms with van der Waals surface area (Å²) < 4.78 is 34.8. The molecule has 0 saturated heterocycles. The predicted molar refractivity (Wildman–Crippen MR) is 136 cm³/mol. The molecule has 0 radical (unpaired) electrons. The summed E-state index contributed by atoms with van der Waals surface area (Å²) in [6.45, 7) is 12.2. The average molecular weight is 507 g/mol. The molecule has 0 unspecified atom stereocenters. The van der Waals surface area contributed by atoms with Gasteiger partial charge in [-0.25, -0.2) is 8.78 Å². The highest BCUT2D eigenvalue weighted by Crippen LogP contribution is 2.32. The molecule has 10 heteroatoms. The van der Waals surface area contributed by atoms with Gasteiger partial charge < -0.3 is 20.5 Å². The minimum atomic E-state index is -0.921. The number of carbonyl (C=O) groups excluding carboxylic acids is 2. The normalized spacial score (nSPS) is 10.2. The molecule has 0 atom stereocenters. The van der Waals surface area contributed by atoms with Crippen LogP contribution >= 0.6 is 0 Å². The number of hydrogen-bond acceptors (Lipinski definition) is 5. The number of rotatable bonds is 9. The maximum Gasteiger partial charge on any atom is 0.255 e. The molecule has 1 heterocycles. The molecular weight excluding hydrogens is 470 g/mol. The summed E-state index contributed by atoms with van der Waals surface area (Å²) in [4.78, 5) is 24.6. The van der Waals surface area contributed by atoms with E-state index in [1.54, 1.807) is 23.0 Å². The Hall–Kier alpha value is -3.53. The molecule has 0 aliphatic rings. The van der Waals surface area contributed by atoms with Gasteiger partial charge in [0.1, 0.15) is 11.6 Å². The van der Waals surface area contributed by atoms with Crippen LogP contribution in [0.1, 0.15) is 51.9 Å². The Kier molecular flexibility index (Phi) is 13.1. The molecule has 0 spiro atoms. The standard InChI is InChI=1S/C22H24F2N4O4.2C2H6/c1-13(2)12-28-18-9-16(22(31)26-11-21(30)25-5-6-29)20(7-14(18)10-27-28)32-19-4-3-15(23)8-17(19)24;2*1-2/h3-4,7-10,13,29H,5-6,11-12H2,1-2H3,(H,25,30)(H,26,31);2*1-2H3. The molecule has 0 saturated carbocycles. The molecule has 0 aliphatic heterocycles. The molecule has 3 aromatic rings. The Balaban J connectivity index is 0.00000154. The van der Waals surface area contributed by atoms with Gasteiger partial charge in [0.2, 0.25) is 5.91 Å². The summed E-state index contributed by atoms with van der Waals surface area (Å²) >= 11 is 0. The van der Waals surface area contributed by atoms with Crippen molar-refractivity contribution in [2.75, 3.05) is 19.7 Å². The molecule has 0 bridgehead atoms. The number of halogens is 2. The van der Waals surface area contributed by atoms with E-state index < -0.39 is 23.4 Å². The fraction of sp³-hybridized carbons (Fsp3) is 0.423. The van der Waals surface area contributed by atoms with Crippen molar-refractivity contribution in [3.05, 3.63) is 53.7 Å². The average Bonchev–Trinajstić information content (AvgIpc) is 3.25. The van der Waals surface area contributed by atoms with Crippen molar-refractivity contribution < 1.29 is 28.2 Å². The van der Waals surface area contributed by atoms with E-state index in [-0.39, 0.29) is 36.8 Å². The Morgan fingerprint density at radius 1 is 1.06 bits per heavy atom. The number of aliphatic hydroxyl groups is 1. The van der Waals surface area contributed by atoms with Crippen molar-refractivity contribution in [1.82, 2.24) is 20.4 Å². The summed E-state index contributed by atoms with van der Waals surface area (Å²) in [6.07, 6.45) is 1.61. The van der Waals surface area contributed by atoms with Crippen LogP contribution in [0.25, 0.3) is 10.9 Å². The fourth-order valence-corrected chi connectivity index (χ4v) is 3.05. The second-order valence-electron chi connectivity index (χ2n) is 7.56. The van der Waals surface area contributed by atoms with E-state index in [4.69, 9.17) is 9.84 Å². The van der Waals surface area contributed by atoms with Crippen molar-refractivity contribution in [2.45, 2.75) is 48.1 Å². The smallest absolute Gasteiger partial charge is 0.255 e. The van der Waals surface area contributed by atoms with Crippen LogP contribution in [0.2, 0.25) is 0 Å². The van der Waals surface area contributed by atoms with Gasteiger partial charge in [-0.05, 0) is 30.2 Å². The molecule has 3 rings (SSSR count). The lowest BCUT2D eigenvalue weighted by atomic mass is 10.1. The summed E-state index contributed by atoms with van der Waals surface area (Å²) in [5, 5.41) is 18.7. The van der Waals surface area contributed by atoms with Crippen LogP contribution < -0.4 is 15.4 Å². The number of benzene rings is 2. The monoisotopic (exact) mass is 506 g/mol. The Labute approximate surface area is 210 Å². The number of carbonyl (C=O) groups is 2. The molecule has 0 aliphatic carbocycles. The number of hydrogen-bond donors (Lipinski definition) is 3. The van der Waals surface area contributed by atoms with E-state index in [0.29, 0.717) is 29.4 Å². The topological polar surface area (TPSA) is 105 Å². The van der Waals surface area contributed by atoms with Crippen LogP contribution in [0.5, 0.6) is 11.5 Å². The summed E-state index contributed by atoms with van der Waals surface area (Å²) in [5.74, 6) is -2.71. The molecule has 1 aromatic heterocycles. The number of nitrogens with one attached hydrogen (secondary N) is 2. The molecule has 3 N–H and O–H groups in total. The van der Waals surface area contributed by atoms with Crippen LogP contribution in [-0.2, 0) is 11.3 Å². The van der Waals surface area contributed by atoms with Crippen LogP contribution in [0.3, 0.4) is 0 Å². The maximum atomic E-state index is 14.1. The van der Waals surface area contributed by atoms with E-state index in [1.165, 1.54) is 0 Å². The number of nitrogens with zero attached hydrogens (tertiary/aromatic N) is 2. The first-order chi connectivity index (χ1) is 17.3. The van der Waals surface area contributed by atoms with Crippen molar-refractivity contribution in [3.63, 3.8) is 0 Å². The first-order valence-electron chi connectivity index (χ1n) is 12.1. The van der Waals surface area contributed by atoms with Gasteiger partial charge in [0.15, 0.2) is 11.6 Å². The number of aliphatic hydroxyl groups excluding tert-OH is 1.